The van der Waals surface area contributed by atoms with Gasteiger partial charge in [-0.3, -0.25) is 4.79 Å². The minimum atomic E-state index is 0.158. The smallest absolute Gasteiger partial charge is 0.231 e. The van der Waals surface area contributed by atoms with Crippen LogP contribution in [0.3, 0.4) is 0 Å². The van der Waals surface area contributed by atoms with Crippen LogP contribution in [0.25, 0.3) is 0 Å². The van der Waals surface area contributed by atoms with E-state index in [0.29, 0.717) is 13.0 Å². The third-order valence-electron chi connectivity index (χ3n) is 4.79. The number of ether oxygens (including phenoxy) is 3. The molecule has 1 atom stereocenters. The summed E-state index contributed by atoms with van der Waals surface area (Å²) in [5, 5.41) is 3.40. The van der Waals surface area contributed by atoms with Crippen molar-refractivity contribution in [2.45, 2.75) is 25.3 Å². The molecule has 26 heavy (non-hydrogen) atoms. The Morgan fingerprint density at radius 2 is 1.88 bits per heavy atom. The summed E-state index contributed by atoms with van der Waals surface area (Å²) in [5.41, 5.74) is 3.23. The van der Waals surface area contributed by atoms with Crippen molar-refractivity contribution in [3.63, 3.8) is 0 Å². The summed E-state index contributed by atoms with van der Waals surface area (Å²) in [4.78, 5) is 12.2. The van der Waals surface area contributed by atoms with Gasteiger partial charge in [-0.2, -0.15) is 0 Å². The minimum Gasteiger partial charge on any atom is -0.497 e. The number of methoxy groups -OCH3 is 1. The van der Waals surface area contributed by atoms with E-state index < -0.39 is 0 Å². The maximum atomic E-state index is 12.2. The molecule has 1 aliphatic heterocycles. The molecule has 4 rings (SSSR count). The first-order valence-corrected chi connectivity index (χ1v) is 8.71. The van der Waals surface area contributed by atoms with Crippen molar-refractivity contribution in [2.75, 3.05) is 13.9 Å². The van der Waals surface area contributed by atoms with Crippen molar-refractivity contribution in [3.8, 4) is 17.2 Å². The average molecular weight is 351 g/mol. The van der Waals surface area contributed by atoms with Crippen LogP contribution in [0.4, 0.5) is 0 Å². The van der Waals surface area contributed by atoms with Crippen LogP contribution in [-0.2, 0) is 11.3 Å². The molecule has 0 saturated heterocycles. The Bertz CT molecular complexity index is 842. The first kappa shape index (κ1) is 16.5. The molecular formula is C21H21NO4. The molecule has 0 aromatic heterocycles. The number of nitrogens with one attached hydrogen (secondary N) is 1. The molecule has 5 nitrogen and oxygen atoms in total. The van der Waals surface area contributed by atoms with Crippen LogP contribution >= 0.6 is 0 Å². The Morgan fingerprint density at radius 3 is 2.69 bits per heavy atom. The largest absolute Gasteiger partial charge is 0.497 e. The van der Waals surface area contributed by atoms with Gasteiger partial charge in [0.2, 0.25) is 6.79 Å². The predicted octanol–water partition coefficient (Wildman–Crippen LogP) is 3.54. The molecule has 1 heterocycles. The molecule has 0 saturated carbocycles. The van der Waals surface area contributed by atoms with Gasteiger partial charge >= 0.3 is 0 Å². The topological polar surface area (TPSA) is 56.8 Å². The van der Waals surface area contributed by atoms with Crippen LogP contribution in [-0.4, -0.2) is 19.7 Å². The number of allylic oxidation sites excluding steroid dienone is 2. The molecule has 2 aromatic rings. The molecule has 0 bridgehead atoms. The van der Waals surface area contributed by atoms with E-state index in [4.69, 9.17) is 14.2 Å². The Morgan fingerprint density at radius 1 is 1.08 bits per heavy atom. The van der Waals surface area contributed by atoms with Gasteiger partial charge in [-0.1, -0.05) is 18.2 Å². The number of rotatable bonds is 5. The fourth-order valence-corrected chi connectivity index (χ4v) is 3.39. The number of carbonyl (C=O) groups is 1. The second kappa shape index (κ2) is 7.12. The number of hydrogen-bond acceptors (Lipinski definition) is 5. The lowest BCUT2D eigenvalue weighted by molar-refractivity contribution is -0.115. The van der Waals surface area contributed by atoms with Gasteiger partial charge < -0.3 is 19.5 Å². The molecule has 0 fully saturated rings. The summed E-state index contributed by atoms with van der Waals surface area (Å²) in [7, 11) is 1.65. The van der Waals surface area contributed by atoms with Gasteiger partial charge in [0.1, 0.15) is 5.75 Å². The fourth-order valence-electron chi connectivity index (χ4n) is 3.39. The highest BCUT2D eigenvalue weighted by Gasteiger charge is 2.22. The van der Waals surface area contributed by atoms with Gasteiger partial charge in [0.25, 0.3) is 0 Å². The lowest BCUT2D eigenvalue weighted by Gasteiger charge is -2.23. The summed E-state index contributed by atoms with van der Waals surface area (Å²) in [6, 6.07) is 13.9. The van der Waals surface area contributed by atoms with E-state index in [2.05, 4.69) is 5.32 Å². The van der Waals surface area contributed by atoms with Gasteiger partial charge in [-0.05, 0) is 47.7 Å². The molecule has 0 radical (unpaired) electrons. The monoisotopic (exact) mass is 351 g/mol. The van der Waals surface area contributed by atoms with Gasteiger partial charge in [0.05, 0.1) is 7.11 Å². The number of benzene rings is 2. The summed E-state index contributed by atoms with van der Waals surface area (Å²) in [6.07, 6.45) is 3.09. The number of carbonyl (C=O) groups excluding carboxylic acids is 1. The Hall–Kier alpha value is -2.95. The molecule has 0 spiro atoms. The molecule has 1 aliphatic carbocycles. The lowest BCUT2D eigenvalue weighted by Crippen LogP contribution is -2.21. The van der Waals surface area contributed by atoms with Gasteiger partial charge in [0.15, 0.2) is 17.3 Å². The van der Waals surface area contributed by atoms with Crippen LogP contribution < -0.4 is 19.5 Å². The molecule has 2 aliphatic rings. The van der Waals surface area contributed by atoms with Crippen molar-refractivity contribution < 1.29 is 19.0 Å². The zero-order valence-electron chi connectivity index (χ0n) is 14.7. The third-order valence-corrected chi connectivity index (χ3v) is 4.79. The Balaban J connectivity index is 1.42. The van der Waals surface area contributed by atoms with E-state index in [-0.39, 0.29) is 18.5 Å². The number of ketones is 1. The summed E-state index contributed by atoms with van der Waals surface area (Å²) < 4.78 is 16.0. The van der Waals surface area contributed by atoms with Crippen molar-refractivity contribution in [1.29, 1.82) is 0 Å². The first-order valence-electron chi connectivity index (χ1n) is 8.71. The molecule has 0 unspecified atom stereocenters. The normalized spacial score (nSPS) is 18.4. The summed E-state index contributed by atoms with van der Waals surface area (Å²) >= 11 is 0. The van der Waals surface area contributed by atoms with Crippen LogP contribution in [0.2, 0.25) is 0 Å². The highest BCUT2D eigenvalue weighted by molar-refractivity contribution is 5.92. The number of fused-ring (bicyclic) bond motifs is 1. The minimum absolute atomic E-state index is 0.158. The van der Waals surface area contributed by atoms with E-state index in [1.54, 1.807) is 13.2 Å². The quantitative estimate of drug-likeness (QED) is 0.893. The van der Waals surface area contributed by atoms with Crippen molar-refractivity contribution >= 4 is 5.78 Å². The standard InChI is InChI=1S/C21H21NO4/c1-24-19-5-3-15(4-6-19)16-9-17(11-18(23)10-16)22-12-14-2-7-20-21(8-14)26-13-25-20/h2-8,11,16,22H,9-10,12-13H2,1H3/t16-/m0/s1. The molecule has 134 valence electrons. The number of hydrogen-bond donors (Lipinski definition) is 1. The maximum absolute atomic E-state index is 12.2. The van der Waals surface area contributed by atoms with E-state index in [1.807, 2.05) is 42.5 Å². The average Bonchev–Trinajstić information content (AvgIpc) is 3.14. The maximum Gasteiger partial charge on any atom is 0.231 e. The summed E-state index contributed by atoms with van der Waals surface area (Å²) in [5.74, 6) is 2.73. The highest BCUT2D eigenvalue weighted by atomic mass is 16.7. The van der Waals surface area contributed by atoms with E-state index >= 15 is 0 Å². The predicted molar refractivity (Wildman–Crippen MR) is 97.5 cm³/mol. The van der Waals surface area contributed by atoms with Gasteiger partial charge in [0, 0.05) is 24.7 Å². The van der Waals surface area contributed by atoms with Gasteiger partial charge in [-0.25, -0.2) is 0 Å². The third kappa shape index (κ3) is 3.52. The summed E-state index contributed by atoms with van der Waals surface area (Å²) in [6.45, 7) is 0.917. The molecular weight excluding hydrogens is 330 g/mol. The Labute approximate surface area is 152 Å². The van der Waals surface area contributed by atoms with Crippen molar-refractivity contribution in [3.05, 3.63) is 65.4 Å². The van der Waals surface area contributed by atoms with Crippen LogP contribution in [0.15, 0.2) is 54.2 Å². The van der Waals surface area contributed by atoms with Gasteiger partial charge in [-0.15, -0.1) is 0 Å². The van der Waals surface area contributed by atoms with E-state index in [9.17, 15) is 4.79 Å². The second-order valence-corrected chi connectivity index (χ2v) is 6.56. The van der Waals surface area contributed by atoms with E-state index in [1.165, 1.54) is 0 Å². The zero-order valence-corrected chi connectivity index (χ0v) is 14.7. The lowest BCUT2D eigenvalue weighted by atomic mass is 9.85. The van der Waals surface area contributed by atoms with E-state index in [0.717, 1.165) is 40.5 Å². The second-order valence-electron chi connectivity index (χ2n) is 6.56. The first-order chi connectivity index (χ1) is 12.7. The molecule has 0 amide bonds. The fraction of sp³-hybridized carbons (Fsp3) is 0.286. The molecule has 2 aromatic carbocycles. The Kier molecular flexibility index (Phi) is 4.52. The molecule has 5 heteroatoms. The van der Waals surface area contributed by atoms with Crippen molar-refractivity contribution in [1.82, 2.24) is 5.32 Å². The SMILES string of the molecule is COc1ccc([C@@H]2CC(=O)C=C(NCc3ccc4c(c3)OCO4)C2)cc1. The van der Waals surface area contributed by atoms with Crippen LogP contribution in [0.5, 0.6) is 17.2 Å². The van der Waals surface area contributed by atoms with Crippen LogP contribution in [0.1, 0.15) is 29.9 Å². The molecule has 1 N–H and O–H groups in total. The zero-order chi connectivity index (χ0) is 17.9. The highest BCUT2D eigenvalue weighted by Crippen LogP contribution is 2.33. The van der Waals surface area contributed by atoms with Crippen molar-refractivity contribution in [2.24, 2.45) is 0 Å². The van der Waals surface area contributed by atoms with Crippen LogP contribution in [0, 0.1) is 0 Å².